The van der Waals surface area contributed by atoms with Crippen LogP contribution < -0.4 is 5.32 Å². The molecule has 0 aliphatic carbocycles. The molecular formula is C19H26N2. The molecule has 1 atom stereocenters. The predicted octanol–water partition coefficient (Wildman–Crippen LogP) is 4.19. The van der Waals surface area contributed by atoms with Crippen LogP contribution in [0, 0.1) is 6.92 Å². The Morgan fingerprint density at radius 1 is 1.10 bits per heavy atom. The molecule has 0 amide bonds. The van der Waals surface area contributed by atoms with Crippen LogP contribution in [0.4, 0.5) is 0 Å². The Bertz CT molecular complexity index is 579. The number of aromatic nitrogens is 1. The van der Waals surface area contributed by atoms with E-state index < -0.39 is 0 Å². The summed E-state index contributed by atoms with van der Waals surface area (Å²) in [6, 6.07) is 11.4. The van der Waals surface area contributed by atoms with Crippen molar-refractivity contribution in [2.45, 2.75) is 45.6 Å². The lowest BCUT2D eigenvalue weighted by Gasteiger charge is -2.21. The van der Waals surface area contributed by atoms with Crippen LogP contribution in [0.3, 0.4) is 0 Å². The predicted molar refractivity (Wildman–Crippen MR) is 89.6 cm³/mol. The lowest BCUT2D eigenvalue weighted by atomic mass is 9.86. The Hall–Kier alpha value is -1.67. The standard InChI is InChI=1S/C19H26N2/c1-14-13-21-11-10-17(14)18(20-5)12-15-6-8-16(9-7-15)19(2,3)4/h6-11,13,18,20H,12H2,1-5H3. The highest BCUT2D eigenvalue weighted by atomic mass is 14.9. The highest BCUT2D eigenvalue weighted by Gasteiger charge is 2.15. The zero-order chi connectivity index (χ0) is 15.5. The second-order valence-electron chi connectivity index (χ2n) is 6.72. The first-order valence-corrected chi connectivity index (χ1v) is 7.59. The maximum Gasteiger partial charge on any atom is 0.0362 e. The van der Waals surface area contributed by atoms with Gasteiger partial charge in [0.05, 0.1) is 0 Å². The molecule has 0 aliphatic rings. The lowest BCUT2D eigenvalue weighted by molar-refractivity contribution is 0.581. The van der Waals surface area contributed by atoms with Crippen molar-refractivity contribution in [2.75, 3.05) is 7.05 Å². The second-order valence-corrected chi connectivity index (χ2v) is 6.72. The third-order valence-electron chi connectivity index (χ3n) is 4.05. The number of aryl methyl sites for hydroxylation is 1. The highest BCUT2D eigenvalue weighted by Crippen LogP contribution is 2.25. The second kappa shape index (κ2) is 6.40. The minimum atomic E-state index is 0.211. The van der Waals surface area contributed by atoms with Crippen LogP contribution in [0.2, 0.25) is 0 Å². The number of hydrogen-bond acceptors (Lipinski definition) is 2. The van der Waals surface area contributed by atoms with E-state index in [2.05, 4.69) is 68.3 Å². The van der Waals surface area contributed by atoms with E-state index in [0.29, 0.717) is 6.04 Å². The van der Waals surface area contributed by atoms with Crippen LogP contribution in [-0.2, 0) is 11.8 Å². The number of likely N-dealkylation sites (N-methyl/N-ethyl adjacent to an activating group) is 1. The largest absolute Gasteiger partial charge is 0.313 e. The van der Waals surface area contributed by atoms with Gasteiger partial charge in [0.1, 0.15) is 0 Å². The molecule has 0 radical (unpaired) electrons. The van der Waals surface area contributed by atoms with Crippen molar-refractivity contribution >= 4 is 0 Å². The summed E-state index contributed by atoms with van der Waals surface area (Å²) in [5.41, 5.74) is 5.52. The van der Waals surface area contributed by atoms with E-state index in [1.807, 2.05) is 19.4 Å². The first-order chi connectivity index (χ1) is 9.91. The molecule has 1 unspecified atom stereocenters. The summed E-state index contributed by atoms with van der Waals surface area (Å²) in [6.45, 7) is 8.87. The van der Waals surface area contributed by atoms with E-state index >= 15 is 0 Å². The van der Waals surface area contributed by atoms with Crippen molar-refractivity contribution in [2.24, 2.45) is 0 Å². The molecule has 0 fully saturated rings. The van der Waals surface area contributed by atoms with Gasteiger partial charge < -0.3 is 5.32 Å². The van der Waals surface area contributed by atoms with Crippen LogP contribution in [-0.4, -0.2) is 12.0 Å². The van der Waals surface area contributed by atoms with Gasteiger partial charge in [-0.25, -0.2) is 0 Å². The zero-order valence-corrected chi connectivity index (χ0v) is 13.8. The van der Waals surface area contributed by atoms with E-state index in [1.165, 1.54) is 22.3 Å². The minimum absolute atomic E-state index is 0.211. The Kier molecular flexibility index (Phi) is 4.79. The average Bonchev–Trinajstić information content (AvgIpc) is 2.45. The molecule has 2 nitrogen and oxygen atoms in total. The Labute approximate surface area is 128 Å². The Morgan fingerprint density at radius 2 is 1.76 bits per heavy atom. The van der Waals surface area contributed by atoms with Crippen molar-refractivity contribution in [3.05, 3.63) is 65.0 Å². The van der Waals surface area contributed by atoms with Crippen LogP contribution in [0.5, 0.6) is 0 Å². The van der Waals surface area contributed by atoms with E-state index in [4.69, 9.17) is 0 Å². The van der Waals surface area contributed by atoms with E-state index in [9.17, 15) is 0 Å². The van der Waals surface area contributed by atoms with Gasteiger partial charge in [-0.2, -0.15) is 0 Å². The summed E-state index contributed by atoms with van der Waals surface area (Å²) in [5.74, 6) is 0. The molecule has 0 aliphatic heterocycles. The number of nitrogens with one attached hydrogen (secondary N) is 1. The van der Waals surface area contributed by atoms with Gasteiger partial charge in [-0.05, 0) is 54.1 Å². The summed E-state index contributed by atoms with van der Waals surface area (Å²) in [6.07, 6.45) is 4.80. The van der Waals surface area contributed by atoms with Gasteiger partial charge in [0.15, 0.2) is 0 Å². The monoisotopic (exact) mass is 282 g/mol. The van der Waals surface area contributed by atoms with Crippen molar-refractivity contribution in [1.29, 1.82) is 0 Å². The molecule has 1 aromatic heterocycles. The SMILES string of the molecule is CNC(Cc1ccc(C(C)(C)C)cc1)c1ccncc1C. The van der Waals surface area contributed by atoms with Crippen LogP contribution in [0.15, 0.2) is 42.7 Å². The van der Waals surface area contributed by atoms with E-state index in [0.717, 1.165) is 6.42 Å². The molecule has 2 heteroatoms. The molecule has 2 aromatic rings. The van der Waals surface area contributed by atoms with Crippen molar-refractivity contribution in [1.82, 2.24) is 10.3 Å². The molecule has 21 heavy (non-hydrogen) atoms. The van der Waals surface area contributed by atoms with Gasteiger partial charge in [-0.1, -0.05) is 45.0 Å². The zero-order valence-electron chi connectivity index (χ0n) is 13.8. The number of pyridine rings is 1. The molecule has 1 heterocycles. The van der Waals surface area contributed by atoms with Gasteiger partial charge in [-0.15, -0.1) is 0 Å². The Balaban J connectivity index is 2.18. The Morgan fingerprint density at radius 3 is 2.29 bits per heavy atom. The highest BCUT2D eigenvalue weighted by molar-refractivity contribution is 5.31. The van der Waals surface area contributed by atoms with Crippen molar-refractivity contribution in [3.8, 4) is 0 Å². The first-order valence-electron chi connectivity index (χ1n) is 7.59. The summed E-state index contributed by atoms with van der Waals surface area (Å²) in [4.78, 5) is 4.18. The van der Waals surface area contributed by atoms with Crippen molar-refractivity contribution < 1.29 is 0 Å². The van der Waals surface area contributed by atoms with Gasteiger partial charge >= 0.3 is 0 Å². The molecule has 0 spiro atoms. The number of nitrogens with zero attached hydrogens (tertiary/aromatic N) is 1. The van der Waals surface area contributed by atoms with E-state index in [-0.39, 0.29) is 5.41 Å². The first kappa shape index (κ1) is 15.7. The van der Waals surface area contributed by atoms with Gasteiger partial charge in [0.2, 0.25) is 0 Å². The average molecular weight is 282 g/mol. The maximum atomic E-state index is 4.18. The molecule has 112 valence electrons. The van der Waals surface area contributed by atoms with Gasteiger partial charge in [0.25, 0.3) is 0 Å². The third kappa shape index (κ3) is 3.92. The fourth-order valence-electron chi connectivity index (χ4n) is 2.62. The minimum Gasteiger partial charge on any atom is -0.313 e. The molecule has 1 N–H and O–H groups in total. The number of rotatable bonds is 4. The molecule has 0 saturated heterocycles. The number of hydrogen-bond donors (Lipinski definition) is 1. The summed E-state index contributed by atoms with van der Waals surface area (Å²) >= 11 is 0. The van der Waals surface area contributed by atoms with Gasteiger partial charge in [0, 0.05) is 18.4 Å². The fourth-order valence-corrected chi connectivity index (χ4v) is 2.62. The lowest BCUT2D eigenvalue weighted by Crippen LogP contribution is -2.20. The molecule has 0 bridgehead atoms. The molecule has 1 aromatic carbocycles. The fraction of sp³-hybridized carbons (Fsp3) is 0.421. The number of benzene rings is 1. The van der Waals surface area contributed by atoms with Gasteiger partial charge in [-0.3, -0.25) is 4.98 Å². The topological polar surface area (TPSA) is 24.9 Å². The third-order valence-corrected chi connectivity index (χ3v) is 4.05. The molecule has 2 rings (SSSR count). The maximum absolute atomic E-state index is 4.18. The smallest absolute Gasteiger partial charge is 0.0362 e. The van der Waals surface area contributed by atoms with Crippen LogP contribution in [0.1, 0.15) is 49.1 Å². The normalized spacial score (nSPS) is 13.2. The summed E-state index contributed by atoms with van der Waals surface area (Å²) < 4.78 is 0. The van der Waals surface area contributed by atoms with E-state index in [1.54, 1.807) is 0 Å². The summed E-state index contributed by atoms with van der Waals surface area (Å²) in [5, 5.41) is 3.42. The molecule has 0 saturated carbocycles. The quantitative estimate of drug-likeness (QED) is 0.909. The van der Waals surface area contributed by atoms with Crippen LogP contribution >= 0.6 is 0 Å². The summed E-state index contributed by atoms with van der Waals surface area (Å²) in [7, 11) is 2.02. The van der Waals surface area contributed by atoms with Crippen LogP contribution in [0.25, 0.3) is 0 Å². The van der Waals surface area contributed by atoms with Crippen molar-refractivity contribution in [3.63, 3.8) is 0 Å². The molecular weight excluding hydrogens is 256 g/mol.